The SMILES string of the molecule is CCOC(=O)[C@@H](Cc1ccccc1)Oc1ccc(-c2cccn2-c2ccc(C)cc2)cc1. The van der Waals surface area contributed by atoms with Gasteiger partial charge >= 0.3 is 5.97 Å². The minimum Gasteiger partial charge on any atom is -0.478 e. The van der Waals surface area contributed by atoms with Gasteiger partial charge in [0.15, 0.2) is 6.10 Å². The van der Waals surface area contributed by atoms with Crippen molar-refractivity contribution in [3.8, 4) is 22.7 Å². The number of benzene rings is 3. The first kappa shape index (κ1) is 21.4. The van der Waals surface area contributed by atoms with E-state index in [2.05, 4.69) is 48.0 Å². The summed E-state index contributed by atoms with van der Waals surface area (Å²) < 4.78 is 13.4. The molecule has 1 aromatic heterocycles. The summed E-state index contributed by atoms with van der Waals surface area (Å²) >= 11 is 0. The number of nitrogens with zero attached hydrogens (tertiary/aromatic N) is 1. The molecule has 0 aliphatic rings. The van der Waals surface area contributed by atoms with Crippen molar-refractivity contribution in [3.63, 3.8) is 0 Å². The fourth-order valence-corrected chi connectivity index (χ4v) is 3.65. The number of carbonyl (C=O) groups excluding carboxylic acids is 1. The quantitative estimate of drug-likeness (QED) is 0.325. The molecule has 4 heteroatoms. The van der Waals surface area contributed by atoms with Gasteiger partial charge in [-0.1, -0.05) is 48.0 Å². The predicted molar refractivity (Wildman–Crippen MR) is 127 cm³/mol. The third-order valence-electron chi connectivity index (χ3n) is 5.30. The number of aryl methyl sites for hydroxylation is 1. The van der Waals surface area contributed by atoms with E-state index in [0.29, 0.717) is 18.8 Å². The van der Waals surface area contributed by atoms with Crippen molar-refractivity contribution in [1.29, 1.82) is 0 Å². The average molecular weight is 426 g/mol. The molecular weight excluding hydrogens is 398 g/mol. The number of esters is 1. The molecule has 0 saturated carbocycles. The third-order valence-corrected chi connectivity index (χ3v) is 5.30. The zero-order valence-corrected chi connectivity index (χ0v) is 18.4. The minimum atomic E-state index is -0.695. The lowest BCUT2D eigenvalue weighted by atomic mass is 10.1. The molecule has 0 aliphatic carbocycles. The number of carbonyl (C=O) groups is 1. The third kappa shape index (κ3) is 5.09. The normalized spacial score (nSPS) is 11.7. The zero-order chi connectivity index (χ0) is 22.3. The fourth-order valence-electron chi connectivity index (χ4n) is 3.65. The topological polar surface area (TPSA) is 40.5 Å². The smallest absolute Gasteiger partial charge is 0.347 e. The molecule has 0 unspecified atom stereocenters. The van der Waals surface area contributed by atoms with Crippen LogP contribution < -0.4 is 4.74 Å². The van der Waals surface area contributed by atoms with E-state index in [4.69, 9.17) is 9.47 Å². The highest BCUT2D eigenvalue weighted by Crippen LogP contribution is 2.27. The number of rotatable bonds is 8. The van der Waals surface area contributed by atoms with E-state index in [1.54, 1.807) is 6.92 Å². The van der Waals surface area contributed by atoms with Crippen LogP contribution in [-0.2, 0) is 16.0 Å². The molecule has 0 amide bonds. The molecule has 0 spiro atoms. The van der Waals surface area contributed by atoms with E-state index in [-0.39, 0.29) is 5.97 Å². The standard InChI is InChI=1S/C28H27NO3/c1-3-31-28(30)27(20-22-8-5-4-6-9-22)32-25-17-13-23(14-18-25)26-10-7-19-29(26)24-15-11-21(2)12-16-24/h4-19,27H,3,20H2,1-2H3/t27-/m1/s1. The predicted octanol–water partition coefficient (Wildman–Crippen LogP) is 6.01. The molecule has 0 radical (unpaired) electrons. The Balaban J connectivity index is 1.53. The minimum absolute atomic E-state index is 0.322. The first-order valence-electron chi connectivity index (χ1n) is 10.9. The maximum Gasteiger partial charge on any atom is 0.347 e. The summed E-state index contributed by atoms with van der Waals surface area (Å²) in [6.07, 6.45) is 1.82. The molecule has 4 aromatic rings. The first-order chi connectivity index (χ1) is 15.6. The molecule has 0 bridgehead atoms. The van der Waals surface area contributed by atoms with Crippen LogP contribution in [0.2, 0.25) is 0 Å². The second kappa shape index (κ2) is 10.0. The van der Waals surface area contributed by atoms with Gasteiger partial charge in [0.2, 0.25) is 0 Å². The Labute approximate surface area is 189 Å². The highest BCUT2D eigenvalue weighted by Gasteiger charge is 2.22. The molecule has 32 heavy (non-hydrogen) atoms. The maximum absolute atomic E-state index is 12.5. The summed E-state index contributed by atoms with van der Waals surface area (Å²) in [5.74, 6) is 0.282. The van der Waals surface area contributed by atoms with E-state index in [1.807, 2.05) is 60.7 Å². The summed E-state index contributed by atoms with van der Waals surface area (Å²) in [6, 6.07) is 30.2. The van der Waals surface area contributed by atoms with E-state index in [0.717, 1.165) is 22.5 Å². The molecule has 0 fully saturated rings. The van der Waals surface area contributed by atoms with Gasteiger partial charge in [-0.05, 0) is 73.5 Å². The lowest BCUT2D eigenvalue weighted by Crippen LogP contribution is -2.31. The van der Waals surface area contributed by atoms with Gasteiger partial charge in [-0.2, -0.15) is 0 Å². The molecule has 0 N–H and O–H groups in total. The van der Waals surface area contributed by atoms with Crippen LogP contribution in [-0.4, -0.2) is 23.2 Å². The molecule has 0 aliphatic heterocycles. The number of hydrogen-bond donors (Lipinski definition) is 0. The van der Waals surface area contributed by atoms with Gasteiger partial charge in [0.05, 0.1) is 12.3 Å². The number of ether oxygens (including phenoxy) is 2. The number of hydrogen-bond acceptors (Lipinski definition) is 3. The van der Waals surface area contributed by atoms with Gasteiger partial charge in [-0.15, -0.1) is 0 Å². The van der Waals surface area contributed by atoms with Crippen LogP contribution in [0, 0.1) is 6.92 Å². The van der Waals surface area contributed by atoms with Crippen molar-refractivity contribution >= 4 is 5.97 Å². The van der Waals surface area contributed by atoms with Crippen molar-refractivity contribution in [3.05, 3.63) is 108 Å². The van der Waals surface area contributed by atoms with Crippen molar-refractivity contribution in [1.82, 2.24) is 4.57 Å². The van der Waals surface area contributed by atoms with Gasteiger partial charge < -0.3 is 14.0 Å². The van der Waals surface area contributed by atoms with Crippen LogP contribution in [0.4, 0.5) is 0 Å². The lowest BCUT2D eigenvalue weighted by molar-refractivity contribution is -0.151. The van der Waals surface area contributed by atoms with Gasteiger partial charge in [0, 0.05) is 18.3 Å². The van der Waals surface area contributed by atoms with Crippen molar-refractivity contribution in [2.45, 2.75) is 26.4 Å². The summed E-state index contributed by atoms with van der Waals surface area (Å²) in [7, 11) is 0. The highest BCUT2D eigenvalue weighted by molar-refractivity contribution is 5.75. The molecule has 1 heterocycles. The summed E-state index contributed by atoms with van der Waals surface area (Å²) in [4.78, 5) is 12.5. The van der Waals surface area contributed by atoms with E-state index >= 15 is 0 Å². The molecule has 1 atom stereocenters. The van der Waals surface area contributed by atoms with E-state index in [9.17, 15) is 4.79 Å². The Morgan fingerprint density at radius 3 is 2.28 bits per heavy atom. The van der Waals surface area contributed by atoms with Crippen molar-refractivity contribution in [2.75, 3.05) is 6.61 Å². The Hall–Kier alpha value is -3.79. The summed E-state index contributed by atoms with van der Waals surface area (Å²) in [5.41, 5.74) is 5.53. The summed E-state index contributed by atoms with van der Waals surface area (Å²) in [6.45, 7) is 4.21. The largest absolute Gasteiger partial charge is 0.478 e. The lowest BCUT2D eigenvalue weighted by Gasteiger charge is -2.18. The molecule has 3 aromatic carbocycles. The van der Waals surface area contributed by atoms with Crippen molar-refractivity contribution < 1.29 is 14.3 Å². The van der Waals surface area contributed by atoms with Crippen LogP contribution in [0.3, 0.4) is 0 Å². The summed E-state index contributed by atoms with van der Waals surface area (Å²) in [5, 5.41) is 0. The zero-order valence-electron chi connectivity index (χ0n) is 18.4. The first-order valence-corrected chi connectivity index (χ1v) is 10.9. The van der Waals surface area contributed by atoms with Crippen LogP contribution in [0.1, 0.15) is 18.1 Å². The Morgan fingerprint density at radius 1 is 0.875 bits per heavy atom. The highest BCUT2D eigenvalue weighted by atomic mass is 16.6. The van der Waals surface area contributed by atoms with Gasteiger partial charge in [0.1, 0.15) is 5.75 Å². The molecule has 162 valence electrons. The monoisotopic (exact) mass is 425 g/mol. The van der Waals surface area contributed by atoms with Crippen LogP contribution in [0.15, 0.2) is 97.2 Å². The molecular formula is C28H27NO3. The average Bonchev–Trinajstić information content (AvgIpc) is 3.30. The van der Waals surface area contributed by atoms with Gasteiger partial charge in [-0.25, -0.2) is 4.79 Å². The van der Waals surface area contributed by atoms with E-state index in [1.165, 1.54) is 5.56 Å². The van der Waals surface area contributed by atoms with Crippen LogP contribution >= 0.6 is 0 Å². The number of aromatic nitrogens is 1. The van der Waals surface area contributed by atoms with Crippen LogP contribution in [0.5, 0.6) is 5.75 Å². The van der Waals surface area contributed by atoms with Gasteiger partial charge in [-0.3, -0.25) is 0 Å². The molecule has 4 rings (SSSR count). The molecule has 0 saturated heterocycles. The van der Waals surface area contributed by atoms with Gasteiger partial charge in [0.25, 0.3) is 0 Å². The second-order valence-electron chi connectivity index (χ2n) is 7.67. The second-order valence-corrected chi connectivity index (χ2v) is 7.67. The Bertz CT molecular complexity index is 1150. The maximum atomic E-state index is 12.5. The van der Waals surface area contributed by atoms with Crippen LogP contribution in [0.25, 0.3) is 16.9 Å². The Kier molecular flexibility index (Phi) is 6.71. The fraction of sp³-hybridized carbons (Fsp3) is 0.179. The molecule has 4 nitrogen and oxygen atoms in total. The van der Waals surface area contributed by atoms with E-state index < -0.39 is 6.10 Å². The van der Waals surface area contributed by atoms with Crippen molar-refractivity contribution in [2.24, 2.45) is 0 Å². The Morgan fingerprint density at radius 2 is 1.59 bits per heavy atom.